The molecule has 0 aromatic carbocycles. The Bertz CT molecular complexity index is 653. The fourth-order valence-electron chi connectivity index (χ4n) is 3.95. The van der Waals surface area contributed by atoms with Crippen LogP contribution in [0, 0.1) is 5.92 Å². The molecule has 196 valence electrons. The van der Waals surface area contributed by atoms with E-state index in [1.807, 2.05) is 0 Å². The van der Waals surface area contributed by atoms with E-state index in [2.05, 4.69) is 51.6 Å². The number of hydrazine groups is 1. The van der Waals surface area contributed by atoms with E-state index in [0.29, 0.717) is 12.5 Å². The molecule has 9 nitrogen and oxygen atoms in total. The van der Waals surface area contributed by atoms with Crippen LogP contribution in [-0.4, -0.2) is 28.0 Å². The largest absolute Gasteiger partial charge is 0.340 e. The van der Waals surface area contributed by atoms with E-state index in [4.69, 9.17) is 9.78 Å². The van der Waals surface area contributed by atoms with Gasteiger partial charge in [0.1, 0.15) is 0 Å². The molecule has 1 aromatic rings. The number of anilines is 1. The van der Waals surface area contributed by atoms with Gasteiger partial charge in [0, 0.05) is 6.54 Å². The summed E-state index contributed by atoms with van der Waals surface area (Å²) < 4.78 is 4.90. The number of amides is 2. The van der Waals surface area contributed by atoms with Gasteiger partial charge in [-0.2, -0.15) is 4.98 Å². The molecule has 4 N–H and O–H groups in total. The highest BCUT2D eigenvalue weighted by Crippen LogP contribution is 2.19. The van der Waals surface area contributed by atoms with Gasteiger partial charge < -0.3 is 14.7 Å². The Morgan fingerprint density at radius 1 is 0.941 bits per heavy atom. The lowest BCUT2D eigenvalue weighted by molar-refractivity contribution is -0.170. The average Bonchev–Trinajstić information content (AvgIpc) is 3.33. The number of hydrogen-bond acceptors (Lipinski definition) is 7. The van der Waals surface area contributed by atoms with E-state index in [9.17, 15) is 4.79 Å². The van der Waals surface area contributed by atoms with E-state index < -0.39 is 0 Å². The van der Waals surface area contributed by atoms with E-state index in [-0.39, 0.29) is 23.6 Å². The quantitative estimate of drug-likeness (QED) is 0.0605. The smallest absolute Gasteiger partial charge is 0.337 e. The molecule has 0 saturated carbocycles. The van der Waals surface area contributed by atoms with Gasteiger partial charge in [0.2, 0.25) is 11.6 Å². The van der Waals surface area contributed by atoms with Crippen molar-refractivity contribution in [1.82, 2.24) is 20.9 Å². The van der Waals surface area contributed by atoms with Crippen LogP contribution >= 0.6 is 0 Å². The molecule has 1 atom stereocenters. The standard InChI is InChI=1S/C25H47N5O4/c1-4-6-8-10-12-13-15-17-19-22(18-16-14-11-9-7-5-2)20-26-24(31)28-29-25-27-23(30-33-25)21(3)34-32/h22,32H,3-20H2,1-2H3,(H2,26,28,31)(H,27,29,30). The topological polar surface area (TPSA) is 122 Å². The molecular formula is C25H47N5O4. The van der Waals surface area contributed by atoms with Gasteiger partial charge in [-0.05, 0) is 25.3 Å². The van der Waals surface area contributed by atoms with E-state index in [0.717, 1.165) is 12.8 Å². The number of nitrogens with one attached hydrogen (secondary N) is 3. The van der Waals surface area contributed by atoms with Crippen molar-refractivity contribution in [1.29, 1.82) is 0 Å². The highest BCUT2D eigenvalue weighted by Gasteiger charge is 2.13. The van der Waals surface area contributed by atoms with E-state index >= 15 is 0 Å². The third-order valence-electron chi connectivity index (χ3n) is 6.05. The third-order valence-corrected chi connectivity index (χ3v) is 6.05. The van der Waals surface area contributed by atoms with Crippen molar-refractivity contribution in [2.24, 2.45) is 5.92 Å². The molecule has 1 aromatic heterocycles. The number of carbonyl (C=O) groups is 1. The molecule has 34 heavy (non-hydrogen) atoms. The Balaban J connectivity index is 2.31. The van der Waals surface area contributed by atoms with Crippen molar-refractivity contribution in [3.05, 3.63) is 12.4 Å². The number of urea groups is 1. The highest BCUT2D eigenvalue weighted by atomic mass is 17.1. The molecule has 1 heterocycles. The summed E-state index contributed by atoms with van der Waals surface area (Å²) >= 11 is 0. The van der Waals surface area contributed by atoms with Crippen molar-refractivity contribution in [2.75, 3.05) is 12.0 Å². The maximum absolute atomic E-state index is 12.2. The van der Waals surface area contributed by atoms with Crippen LogP contribution in [0.25, 0.3) is 5.76 Å². The fraction of sp³-hybridized carbons (Fsp3) is 0.800. The predicted octanol–water partition coefficient (Wildman–Crippen LogP) is 7.05. The van der Waals surface area contributed by atoms with Crippen LogP contribution in [0.1, 0.15) is 122 Å². The third kappa shape index (κ3) is 14.8. The Morgan fingerprint density at radius 3 is 2.00 bits per heavy atom. The second-order valence-electron chi connectivity index (χ2n) is 9.08. The average molecular weight is 482 g/mol. The van der Waals surface area contributed by atoms with Crippen LogP contribution in [0.5, 0.6) is 0 Å². The molecule has 0 saturated heterocycles. The first kappa shape index (κ1) is 29.7. The number of hydrogen-bond donors (Lipinski definition) is 4. The van der Waals surface area contributed by atoms with Crippen molar-refractivity contribution < 1.29 is 19.5 Å². The van der Waals surface area contributed by atoms with Gasteiger partial charge >= 0.3 is 12.0 Å². The normalized spacial score (nSPS) is 11.7. The minimum atomic E-state index is -0.360. The van der Waals surface area contributed by atoms with Crippen molar-refractivity contribution in [2.45, 2.75) is 117 Å². The lowest BCUT2D eigenvalue weighted by Gasteiger charge is -2.18. The monoisotopic (exact) mass is 481 g/mol. The summed E-state index contributed by atoms with van der Waals surface area (Å²) in [6.45, 7) is 8.55. The second kappa shape index (κ2) is 20.1. The highest BCUT2D eigenvalue weighted by molar-refractivity contribution is 5.74. The number of unbranched alkanes of at least 4 members (excludes halogenated alkanes) is 12. The minimum Gasteiger partial charge on any atom is -0.337 e. The summed E-state index contributed by atoms with van der Waals surface area (Å²) in [5, 5.41) is 15.1. The van der Waals surface area contributed by atoms with Gasteiger partial charge in [0.05, 0.1) is 0 Å². The Kier molecular flexibility index (Phi) is 17.6. The van der Waals surface area contributed by atoms with Gasteiger partial charge in [-0.25, -0.2) is 20.9 Å². The number of rotatable bonds is 22. The first-order chi connectivity index (χ1) is 16.6. The Morgan fingerprint density at radius 2 is 1.47 bits per heavy atom. The molecule has 0 spiro atoms. The molecule has 9 heteroatoms. The van der Waals surface area contributed by atoms with Crippen molar-refractivity contribution in [3.8, 4) is 0 Å². The maximum Gasteiger partial charge on any atom is 0.340 e. The number of aromatic nitrogens is 2. The van der Waals surface area contributed by atoms with Crippen LogP contribution in [0.15, 0.2) is 11.1 Å². The zero-order valence-electron chi connectivity index (χ0n) is 21.4. The lowest BCUT2D eigenvalue weighted by Crippen LogP contribution is -2.41. The molecule has 0 bridgehead atoms. The fourth-order valence-corrected chi connectivity index (χ4v) is 3.95. The van der Waals surface area contributed by atoms with Gasteiger partial charge in [-0.15, -0.1) is 0 Å². The van der Waals surface area contributed by atoms with E-state index in [1.165, 1.54) is 89.9 Å². The molecule has 0 aliphatic carbocycles. The molecular weight excluding hydrogens is 434 g/mol. The Hall–Kier alpha value is -2.29. The molecule has 1 rings (SSSR count). The zero-order valence-corrected chi connectivity index (χ0v) is 21.4. The van der Waals surface area contributed by atoms with Crippen molar-refractivity contribution >= 4 is 17.8 Å². The predicted molar refractivity (Wildman–Crippen MR) is 136 cm³/mol. The number of carbonyl (C=O) groups excluding carboxylic acids is 1. The van der Waals surface area contributed by atoms with Crippen LogP contribution in [0.2, 0.25) is 0 Å². The Labute approximate surface area is 205 Å². The molecule has 2 amide bonds. The lowest BCUT2D eigenvalue weighted by atomic mass is 9.94. The van der Waals surface area contributed by atoms with Gasteiger partial charge in [0.25, 0.3) is 0 Å². The van der Waals surface area contributed by atoms with Gasteiger partial charge in [-0.1, -0.05) is 109 Å². The summed E-state index contributed by atoms with van der Waals surface area (Å²) in [6.07, 6.45) is 20.5. The summed E-state index contributed by atoms with van der Waals surface area (Å²) in [6, 6.07) is -0.397. The molecule has 0 aliphatic heterocycles. The van der Waals surface area contributed by atoms with Crippen LogP contribution in [0.4, 0.5) is 10.8 Å². The molecule has 0 aliphatic rings. The first-order valence-electron chi connectivity index (χ1n) is 13.2. The summed E-state index contributed by atoms with van der Waals surface area (Å²) in [7, 11) is 0. The van der Waals surface area contributed by atoms with Crippen LogP contribution in [0.3, 0.4) is 0 Å². The summed E-state index contributed by atoms with van der Waals surface area (Å²) in [4.78, 5) is 20.1. The second-order valence-corrected chi connectivity index (χ2v) is 9.08. The van der Waals surface area contributed by atoms with Gasteiger partial charge in [0.15, 0.2) is 0 Å². The van der Waals surface area contributed by atoms with Crippen LogP contribution in [-0.2, 0) is 4.89 Å². The van der Waals surface area contributed by atoms with Crippen molar-refractivity contribution in [3.63, 3.8) is 0 Å². The zero-order chi connectivity index (χ0) is 24.9. The van der Waals surface area contributed by atoms with Crippen LogP contribution < -0.4 is 16.2 Å². The minimum absolute atomic E-state index is 0.0171. The summed E-state index contributed by atoms with van der Waals surface area (Å²) in [5.41, 5.74) is 5.03. The SMILES string of the molecule is C=C(OO)c1noc(NNC(=O)NCC(CCCCCCCC)CCCCCCCCCC)n1. The summed E-state index contributed by atoms with van der Waals surface area (Å²) in [5.74, 6) is 0.313. The van der Waals surface area contributed by atoms with Gasteiger partial charge in [-0.3, -0.25) is 0 Å². The first-order valence-corrected chi connectivity index (χ1v) is 13.2. The molecule has 0 fully saturated rings. The van der Waals surface area contributed by atoms with E-state index in [1.54, 1.807) is 0 Å². The molecule has 0 radical (unpaired) electrons. The number of nitrogens with zero attached hydrogens (tertiary/aromatic N) is 2. The maximum atomic E-state index is 12.2. The molecule has 1 unspecified atom stereocenters.